The van der Waals surface area contributed by atoms with Crippen LogP contribution >= 0.6 is 0 Å². The van der Waals surface area contributed by atoms with E-state index in [9.17, 15) is 14.4 Å². The Labute approximate surface area is 229 Å². The third-order valence-corrected chi connectivity index (χ3v) is 6.98. The molecule has 8 nitrogen and oxygen atoms in total. The first-order valence-corrected chi connectivity index (χ1v) is 13.3. The van der Waals surface area contributed by atoms with E-state index in [0.29, 0.717) is 11.3 Å². The van der Waals surface area contributed by atoms with E-state index in [4.69, 9.17) is 9.47 Å². The molecule has 1 rings (SSSR count). The van der Waals surface area contributed by atoms with E-state index < -0.39 is 28.9 Å². The first-order valence-electron chi connectivity index (χ1n) is 13.3. The van der Waals surface area contributed by atoms with Crippen LogP contribution in [0.3, 0.4) is 0 Å². The maximum Gasteiger partial charge on any atom is 0.333 e. The topological polar surface area (TPSA) is 97.0 Å². The highest BCUT2D eigenvalue weighted by molar-refractivity contribution is 5.92. The summed E-state index contributed by atoms with van der Waals surface area (Å²) >= 11 is 0. The molecule has 1 aromatic carbocycles. The Morgan fingerprint density at radius 2 is 1.68 bits per heavy atom. The number of hydrogen-bond acceptors (Lipinski definition) is 6. The molecule has 0 aromatic heterocycles. The molecule has 1 aromatic rings. The lowest BCUT2D eigenvalue weighted by Crippen LogP contribution is -2.61. The molecule has 0 heterocycles. The van der Waals surface area contributed by atoms with E-state index in [1.165, 1.54) is 0 Å². The second kappa shape index (κ2) is 13.8. The van der Waals surface area contributed by atoms with Gasteiger partial charge in [0, 0.05) is 18.0 Å². The van der Waals surface area contributed by atoms with Crippen LogP contribution in [-0.4, -0.2) is 68.6 Å². The number of benzene rings is 1. The summed E-state index contributed by atoms with van der Waals surface area (Å²) in [7, 11) is 5.06. The zero-order valence-electron chi connectivity index (χ0n) is 25.4. The normalized spacial score (nSPS) is 14.9. The SMILES string of the molecule is CCOC(=O)/C(C)=C/[C@H](C(C)C)N(C)C(=O)[C@@H](NC(=O)[C@H](NC)C(C)(C)c1cccc(OC)c1)C(C)(C)C. The van der Waals surface area contributed by atoms with Crippen LogP contribution in [0, 0.1) is 11.3 Å². The van der Waals surface area contributed by atoms with E-state index in [0.717, 1.165) is 5.56 Å². The quantitative estimate of drug-likeness (QED) is 0.312. The van der Waals surface area contributed by atoms with Gasteiger partial charge in [-0.05, 0) is 49.9 Å². The molecule has 214 valence electrons. The fourth-order valence-corrected chi connectivity index (χ4v) is 4.56. The summed E-state index contributed by atoms with van der Waals surface area (Å²) in [5.74, 6) is -0.174. The van der Waals surface area contributed by atoms with Crippen molar-refractivity contribution in [2.45, 2.75) is 85.9 Å². The van der Waals surface area contributed by atoms with Crippen LogP contribution in [0.4, 0.5) is 0 Å². The monoisotopic (exact) mass is 531 g/mol. The number of nitrogens with one attached hydrogen (secondary N) is 2. The molecule has 0 saturated heterocycles. The summed E-state index contributed by atoms with van der Waals surface area (Å²) in [4.78, 5) is 41.5. The standard InChI is InChI=1S/C30H49N3O5/c1-13-38-28(36)20(4)17-23(19(2)3)33(11)27(35)25(29(5,6)7)32-26(34)24(31-10)30(8,9)21-15-14-16-22(18-21)37-12/h14-19,23-25,31H,13H2,1-12H3,(H,32,34)/b20-17+/t23-,24+,25-/m1/s1. The second-order valence-electron chi connectivity index (χ2n) is 11.7. The van der Waals surface area contributed by atoms with Crippen molar-refractivity contribution in [3.8, 4) is 5.75 Å². The fourth-order valence-electron chi connectivity index (χ4n) is 4.56. The van der Waals surface area contributed by atoms with Gasteiger partial charge in [0.1, 0.15) is 11.8 Å². The van der Waals surface area contributed by atoms with Gasteiger partial charge in [0.2, 0.25) is 11.8 Å². The van der Waals surface area contributed by atoms with Crippen molar-refractivity contribution in [3.63, 3.8) is 0 Å². The number of hydrogen-bond donors (Lipinski definition) is 2. The van der Waals surface area contributed by atoms with E-state index in [-0.39, 0.29) is 30.4 Å². The number of ether oxygens (including phenoxy) is 2. The van der Waals surface area contributed by atoms with Gasteiger partial charge >= 0.3 is 5.97 Å². The van der Waals surface area contributed by atoms with E-state index >= 15 is 0 Å². The van der Waals surface area contributed by atoms with Gasteiger partial charge in [-0.2, -0.15) is 0 Å². The fraction of sp³-hybridized carbons (Fsp3) is 0.633. The molecule has 0 fully saturated rings. The number of rotatable bonds is 12. The number of likely N-dealkylation sites (N-methyl/N-ethyl adjacent to an activating group) is 2. The number of carbonyl (C=O) groups is 3. The first kappa shape index (κ1) is 33.2. The lowest BCUT2D eigenvalue weighted by atomic mass is 9.76. The highest BCUT2D eigenvalue weighted by atomic mass is 16.5. The largest absolute Gasteiger partial charge is 0.497 e. The summed E-state index contributed by atoms with van der Waals surface area (Å²) in [5.41, 5.74) is 0.198. The lowest BCUT2D eigenvalue weighted by Gasteiger charge is -2.40. The molecule has 0 aliphatic rings. The van der Waals surface area contributed by atoms with Crippen LogP contribution in [0.15, 0.2) is 35.9 Å². The molecular formula is C30H49N3O5. The molecule has 2 amide bonds. The van der Waals surface area contributed by atoms with Crippen LogP contribution in [0.25, 0.3) is 0 Å². The maximum atomic E-state index is 13.9. The van der Waals surface area contributed by atoms with E-state index in [1.54, 1.807) is 46.0 Å². The predicted molar refractivity (Wildman–Crippen MR) is 152 cm³/mol. The molecule has 0 saturated carbocycles. The third-order valence-electron chi connectivity index (χ3n) is 6.98. The minimum Gasteiger partial charge on any atom is -0.497 e. The first-order chi connectivity index (χ1) is 17.5. The number of amides is 2. The molecule has 0 spiro atoms. The van der Waals surface area contributed by atoms with E-state index in [1.807, 2.05) is 72.7 Å². The zero-order chi connectivity index (χ0) is 29.4. The summed E-state index contributed by atoms with van der Waals surface area (Å²) in [6.45, 7) is 17.4. The van der Waals surface area contributed by atoms with Crippen molar-refractivity contribution < 1.29 is 23.9 Å². The Morgan fingerprint density at radius 1 is 1.08 bits per heavy atom. The third kappa shape index (κ3) is 8.32. The smallest absolute Gasteiger partial charge is 0.333 e. The van der Waals surface area contributed by atoms with Crippen molar-refractivity contribution in [2.75, 3.05) is 27.8 Å². The van der Waals surface area contributed by atoms with Crippen LogP contribution in [0.5, 0.6) is 5.75 Å². The van der Waals surface area contributed by atoms with Crippen molar-refractivity contribution in [1.82, 2.24) is 15.5 Å². The Kier molecular flexibility index (Phi) is 12.0. The van der Waals surface area contributed by atoms with Gasteiger partial charge < -0.3 is 25.0 Å². The Morgan fingerprint density at radius 3 is 2.16 bits per heavy atom. The van der Waals surface area contributed by atoms with Gasteiger partial charge in [-0.1, -0.05) is 66.7 Å². The number of nitrogens with zero attached hydrogens (tertiary/aromatic N) is 1. The molecule has 0 aliphatic heterocycles. The maximum absolute atomic E-state index is 13.9. The second-order valence-corrected chi connectivity index (χ2v) is 11.7. The van der Waals surface area contributed by atoms with Gasteiger partial charge in [-0.15, -0.1) is 0 Å². The molecule has 0 unspecified atom stereocenters. The summed E-state index contributed by atoms with van der Waals surface area (Å²) in [5, 5.41) is 6.20. The average molecular weight is 532 g/mol. The van der Waals surface area contributed by atoms with Crippen molar-refractivity contribution >= 4 is 17.8 Å². The molecule has 8 heteroatoms. The van der Waals surface area contributed by atoms with Gasteiger partial charge in [0.15, 0.2) is 0 Å². The molecule has 0 aliphatic carbocycles. The minimum absolute atomic E-state index is 0.0293. The van der Waals surface area contributed by atoms with Crippen LogP contribution in [0.1, 0.15) is 67.9 Å². The van der Waals surface area contributed by atoms with Gasteiger partial charge in [-0.25, -0.2) is 4.79 Å². The molecule has 3 atom stereocenters. The van der Waals surface area contributed by atoms with Crippen LogP contribution in [0.2, 0.25) is 0 Å². The average Bonchev–Trinajstić information content (AvgIpc) is 2.84. The Balaban J connectivity index is 3.33. The number of methoxy groups -OCH3 is 1. The van der Waals surface area contributed by atoms with Gasteiger partial charge in [0.25, 0.3) is 0 Å². The van der Waals surface area contributed by atoms with Gasteiger partial charge in [0.05, 0.1) is 25.8 Å². The summed E-state index contributed by atoms with van der Waals surface area (Å²) < 4.78 is 10.5. The molecular weight excluding hydrogens is 482 g/mol. The van der Waals surface area contributed by atoms with E-state index in [2.05, 4.69) is 10.6 Å². The lowest BCUT2D eigenvalue weighted by molar-refractivity contribution is -0.141. The van der Waals surface area contributed by atoms with Crippen LogP contribution < -0.4 is 15.4 Å². The highest BCUT2D eigenvalue weighted by Crippen LogP contribution is 2.31. The molecule has 2 N–H and O–H groups in total. The van der Waals surface area contributed by atoms with Crippen molar-refractivity contribution in [3.05, 3.63) is 41.5 Å². The van der Waals surface area contributed by atoms with Crippen molar-refractivity contribution in [1.29, 1.82) is 0 Å². The Bertz CT molecular complexity index is 994. The molecule has 0 radical (unpaired) electrons. The number of esters is 1. The predicted octanol–water partition coefficient (Wildman–Crippen LogP) is 4.08. The minimum atomic E-state index is -0.797. The summed E-state index contributed by atoms with van der Waals surface area (Å²) in [6, 6.07) is 5.87. The van der Waals surface area contributed by atoms with Crippen LogP contribution in [-0.2, 0) is 24.5 Å². The zero-order valence-corrected chi connectivity index (χ0v) is 25.4. The number of carbonyl (C=O) groups excluding carboxylic acids is 3. The highest BCUT2D eigenvalue weighted by Gasteiger charge is 2.41. The Hall–Kier alpha value is -2.87. The van der Waals surface area contributed by atoms with Crippen molar-refractivity contribution in [2.24, 2.45) is 11.3 Å². The molecule has 38 heavy (non-hydrogen) atoms. The van der Waals surface area contributed by atoms with Gasteiger partial charge in [-0.3, -0.25) is 9.59 Å². The summed E-state index contributed by atoms with van der Waals surface area (Å²) in [6.07, 6.45) is 1.77. The molecule has 0 bridgehead atoms.